The lowest BCUT2D eigenvalue weighted by molar-refractivity contribution is -0.138. The first-order chi connectivity index (χ1) is 14.0. The summed E-state index contributed by atoms with van der Waals surface area (Å²) in [5.74, 6) is 0.401. The standard InChI is InChI=1S/C21H22N4O4/c26-19(13-29-16-4-3-9-22-12-16)24-10-7-21(28,8-11-24)14-25-15-23-18-6-2-1-5-17(18)20(25)27/h1-6,9,12,15,28H,7-8,10-11,13-14H2. The molecule has 1 fully saturated rings. The van der Waals surface area contributed by atoms with Gasteiger partial charge in [-0.2, -0.15) is 0 Å². The SMILES string of the molecule is O=C(COc1cccnc1)N1CCC(O)(Cn2cnc3ccccc3c2=O)CC1. The molecule has 0 saturated carbocycles. The van der Waals surface area contributed by atoms with Crippen molar-refractivity contribution in [3.8, 4) is 5.75 Å². The highest BCUT2D eigenvalue weighted by molar-refractivity contribution is 5.78. The molecule has 150 valence electrons. The van der Waals surface area contributed by atoms with Gasteiger partial charge in [-0.05, 0) is 37.1 Å². The first-order valence-corrected chi connectivity index (χ1v) is 9.51. The summed E-state index contributed by atoms with van der Waals surface area (Å²) in [6.45, 7) is 0.888. The van der Waals surface area contributed by atoms with Crippen molar-refractivity contribution in [2.75, 3.05) is 19.7 Å². The zero-order valence-corrected chi connectivity index (χ0v) is 15.9. The molecule has 0 unspecified atom stereocenters. The number of pyridine rings is 1. The maximum Gasteiger partial charge on any atom is 0.261 e. The van der Waals surface area contributed by atoms with Crippen molar-refractivity contribution in [2.45, 2.75) is 25.0 Å². The van der Waals surface area contributed by atoms with E-state index >= 15 is 0 Å². The number of fused-ring (bicyclic) bond motifs is 1. The van der Waals surface area contributed by atoms with E-state index in [9.17, 15) is 14.7 Å². The van der Waals surface area contributed by atoms with Gasteiger partial charge in [0.2, 0.25) is 0 Å². The van der Waals surface area contributed by atoms with Crippen LogP contribution in [-0.2, 0) is 11.3 Å². The van der Waals surface area contributed by atoms with Crippen LogP contribution in [-0.4, -0.2) is 55.7 Å². The number of ether oxygens (including phenoxy) is 1. The van der Waals surface area contributed by atoms with Crippen LogP contribution in [0.15, 0.2) is 59.9 Å². The summed E-state index contributed by atoms with van der Waals surface area (Å²) in [7, 11) is 0. The Hall–Kier alpha value is -3.26. The molecule has 0 spiro atoms. The number of carbonyl (C=O) groups excluding carboxylic acids is 1. The average molecular weight is 394 g/mol. The van der Waals surface area contributed by atoms with E-state index in [0.29, 0.717) is 42.6 Å². The highest BCUT2D eigenvalue weighted by Crippen LogP contribution is 2.24. The van der Waals surface area contributed by atoms with Gasteiger partial charge in [-0.1, -0.05) is 12.1 Å². The van der Waals surface area contributed by atoms with Crippen LogP contribution in [0.2, 0.25) is 0 Å². The largest absolute Gasteiger partial charge is 0.482 e. The lowest BCUT2D eigenvalue weighted by Gasteiger charge is -2.38. The number of amides is 1. The smallest absolute Gasteiger partial charge is 0.261 e. The van der Waals surface area contributed by atoms with Gasteiger partial charge in [0, 0.05) is 19.3 Å². The first kappa shape index (κ1) is 19.1. The molecule has 8 heteroatoms. The number of piperidine rings is 1. The number of hydrogen-bond acceptors (Lipinski definition) is 6. The molecule has 1 saturated heterocycles. The normalized spacial score (nSPS) is 16.0. The molecule has 8 nitrogen and oxygen atoms in total. The number of aromatic nitrogens is 3. The van der Waals surface area contributed by atoms with Crippen molar-refractivity contribution in [2.24, 2.45) is 0 Å². The molecule has 29 heavy (non-hydrogen) atoms. The van der Waals surface area contributed by atoms with Gasteiger partial charge in [0.1, 0.15) is 5.75 Å². The molecule has 0 radical (unpaired) electrons. The molecular weight excluding hydrogens is 372 g/mol. The van der Waals surface area contributed by atoms with Crippen molar-refractivity contribution >= 4 is 16.8 Å². The van der Waals surface area contributed by atoms with Crippen LogP contribution in [0.25, 0.3) is 10.9 Å². The van der Waals surface area contributed by atoms with E-state index in [0.717, 1.165) is 0 Å². The Labute approximate surface area is 167 Å². The maximum atomic E-state index is 12.7. The van der Waals surface area contributed by atoms with Gasteiger partial charge < -0.3 is 14.7 Å². The second-order valence-corrected chi connectivity index (χ2v) is 7.28. The fourth-order valence-electron chi connectivity index (χ4n) is 3.54. The highest BCUT2D eigenvalue weighted by Gasteiger charge is 2.34. The Morgan fingerprint density at radius 1 is 1.17 bits per heavy atom. The lowest BCUT2D eigenvalue weighted by atomic mass is 9.91. The van der Waals surface area contributed by atoms with Gasteiger partial charge in [-0.3, -0.25) is 19.1 Å². The number of hydrogen-bond donors (Lipinski definition) is 1. The average Bonchev–Trinajstić information content (AvgIpc) is 2.75. The predicted molar refractivity (Wildman–Crippen MR) is 106 cm³/mol. The summed E-state index contributed by atoms with van der Waals surface area (Å²) in [5.41, 5.74) is -0.600. The van der Waals surface area contributed by atoms with Crippen LogP contribution < -0.4 is 10.3 Å². The molecule has 4 rings (SSSR count). The summed E-state index contributed by atoms with van der Waals surface area (Å²) in [5, 5.41) is 11.5. The molecule has 0 bridgehead atoms. The van der Waals surface area contributed by atoms with E-state index in [1.165, 1.54) is 10.9 Å². The van der Waals surface area contributed by atoms with Gasteiger partial charge in [0.05, 0.1) is 35.6 Å². The Morgan fingerprint density at radius 2 is 1.97 bits per heavy atom. The molecule has 1 amide bonds. The molecule has 0 aliphatic carbocycles. The second kappa shape index (κ2) is 8.00. The lowest BCUT2D eigenvalue weighted by Crippen LogP contribution is -2.50. The number of aliphatic hydroxyl groups is 1. The predicted octanol–water partition coefficient (Wildman–Crippen LogP) is 1.22. The van der Waals surface area contributed by atoms with Crippen LogP contribution >= 0.6 is 0 Å². The number of benzene rings is 1. The molecule has 1 aliphatic heterocycles. The Kier molecular flexibility index (Phi) is 5.26. The quantitative estimate of drug-likeness (QED) is 0.699. The minimum atomic E-state index is -1.06. The van der Waals surface area contributed by atoms with E-state index in [1.807, 2.05) is 6.07 Å². The molecule has 3 heterocycles. The third kappa shape index (κ3) is 4.27. The van der Waals surface area contributed by atoms with Crippen molar-refractivity contribution in [1.82, 2.24) is 19.4 Å². The van der Waals surface area contributed by atoms with Crippen molar-refractivity contribution in [3.05, 3.63) is 65.5 Å². The van der Waals surface area contributed by atoms with Crippen molar-refractivity contribution in [3.63, 3.8) is 0 Å². The fraction of sp³-hybridized carbons (Fsp3) is 0.333. The Morgan fingerprint density at radius 3 is 2.72 bits per heavy atom. The van der Waals surface area contributed by atoms with E-state index in [-0.39, 0.29) is 24.6 Å². The summed E-state index contributed by atoms with van der Waals surface area (Å²) in [4.78, 5) is 35.0. The molecular formula is C21H22N4O4. The van der Waals surface area contributed by atoms with Crippen LogP contribution in [0.4, 0.5) is 0 Å². The van der Waals surface area contributed by atoms with Gasteiger partial charge in [-0.15, -0.1) is 0 Å². The topological polar surface area (TPSA) is 97.6 Å². The molecule has 1 aliphatic rings. The van der Waals surface area contributed by atoms with Crippen LogP contribution in [0.5, 0.6) is 5.75 Å². The van der Waals surface area contributed by atoms with Crippen LogP contribution in [0.3, 0.4) is 0 Å². The first-order valence-electron chi connectivity index (χ1n) is 9.51. The monoisotopic (exact) mass is 394 g/mol. The van der Waals surface area contributed by atoms with Crippen molar-refractivity contribution in [1.29, 1.82) is 0 Å². The van der Waals surface area contributed by atoms with Gasteiger partial charge in [0.15, 0.2) is 6.61 Å². The van der Waals surface area contributed by atoms with Gasteiger partial charge in [0.25, 0.3) is 11.5 Å². The minimum absolute atomic E-state index is 0.0713. The number of para-hydroxylation sites is 1. The van der Waals surface area contributed by atoms with E-state index in [4.69, 9.17) is 4.74 Å². The molecule has 1 N–H and O–H groups in total. The van der Waals surface area contributed by atoms with Gasteiger partial charge >= 0.3 is 0 Å². The summed E-state index contributed by atoms with van der Waals surface area (Å²) in [6, 6.07) is 10.6. The van der Waals surface area contributed by atoms with Crippen LogP contribution in [0, 0.1) is 0 Å². The summed E-state index contributed by atoms with van der Waals surface area (Å²) in [6.07, 6.45) is 5.42. The molecule has 3 aromatic rings. The second-order valence-electron chi connectivity index (χ2n) is 7.28. The Balaban J connectivity index is 1.36. The fourth-order valence-corrected chi connectivity index (χ4v) is 3.54. The Bertz CT molecular complexity index is 1060. The number of carbonyl (C=O) groups is 1. The van der Waals surface area contributed by atoms with Gasteiger partial charge in [-0.25, -0.2) is 4.98 Å². The van der Waals surface area contributed by atoms with E-state index in [1.54, 1.807) is 47.6 Å². The zero-order chi connectivity index (χ0) is 20.3. The number of rotatable bonds is 5. The number of nitrogens with zero attached hydrogens (tertiary/aromatic N) is 4. The highest BCUT2D eigenvalue weighted by atomic mass is 16.5. The number of likely N-dealkylation sites (tertiary alicyclic amines) is 1. The third-order valence-electron chi connectivity index (χ3n) is 5.24. The zero-order valence-electron chi connectivity index (χ0n) is 15.9. The summed E-state index contributed by atoms with van der Waals surface area (Å²) < 4.78 is 6.91. The molecule has 1 aromatic carbocycles. The third-order valence-corrected chi connectivity index (χ3v) is 5.24. The maximum absolute atomic E-state index is 12.7. The minimum Gasteiger partial charge on any atom is -0.482 e. The molecule has 0 atom stereocenters. The van der Waals surface area contributed by atoms with E-state index in [2.05, 4.69) is 9.97 Å². The van der Waals surface area contributed by atoms with Crippen LogP contribution in [0.1, 0.15) is 12.8 Å². The molecule has 2 aromatic heterocycles. The summed E-state index contributed by atoms with van der Waals surface area (Å²) >= 11 is 0. The van der Waals surface area contributed by atoms with Crippen molar-refractivity contribution < 1.29 is 14.6 Å². The van der Waals surface area contributed by atoms with E-state index < -0.39 is 5.60 Å².